The van der Waals surface area contributed by atoms with Gasteiger partial charge in [-0.3, -0.25) is 14.3 Å². The lowest BCUT2D eigenvalue weighted by Crippen LogP contribution is -2.34. The number of aromatic nitrogens is 4. The first-order valence-corrected chi connectivity index (χ1v) is 11.1. The summed E-state index contributed by atoms with van der Waals surface area (Å²) in [6.45, 7) is 3.50. The first kappa shape index (κ1) is 22.3. The Morgan fingerprint density at radius 1 is 1.34 bits per heavy atom. The van der Waals surface area contributed by atoms with E-state index >= 15 is 0 Å². The van der Waals surface area contributed by atoms with Gasteiger partial charge in [-0.1, -0.05) is 24.3 Å². The summed E-state index contributed by atoms with van der Waals surface area (Å²) in [5.74, 6) is -0.140. The van der Waals surface area contributed by atoms with Gasteiger partial charge >= 0.3 is 0 Å². The smallest absolute Gasteiger partial charge is 0.274 e. The Hall–Kier alpha value is -2.93. The van der Waals surface area contributed by atoms with Crippen LogP contribution in [-0.4, -0.2) is 59.3 Å². The largest absolute Gasteiger partial charge is 0.365 e. The van der Waals surface area contributed by atoms with Gasteiger partial charge in [0.2, 0.25) is 0 Å². The summed E-state index contributed by atoms with van der Waals surface area (Å²) in [5, 5.41) is 11.2. The summed E-state index contributed by atoms with van der Waals surface area (Å²) in [6, 6.07) is 8.01. The molecule has 2 atom stereocenters. The van der Waals surface area contributed by atoms with Crippen LogP contribution in [0.5, 0.6) is 0 Å². The van der Waals surface area contributed by atoms with Crippen LogP contribution in [0.15, 0.2) is 35.3 Å². The number of amides is 1. The van der Waals surface area contributed by atoms with Gasteiger partial charge in [-0.05, 0) is 23.6 Å². The number of H-pyrrole nitrogens is 1. The maximum Gasteiger partial charge on any atom is 0.274 e. The molecule has 2 aromatic heterocycles. The Morgan fingerprint density at radius 3 is 2.81 bits per heavy atom. The van der Waals surface area contributed by atoms with E-state index in [2.05, 4.69) is 24.3 Å². The number of anilines is 1. The zero-order valence-electron chi connectivity index (χ0n) is 18.5. The summed E-state index contributed by atoms with van der Waals surface area (Å²) in [7, 11) is 12.2. The van der Waals surface area contributed by atoms with Crippen molar-refractivity contribution in [1.82, 2.24) is 24.9 Å². The van der Waals surface area contributed by atoms with Crippen LogP contribution in [0.25, 0.3) is 0 Å². The van der Waals surface area contributed by atoms with Gasteiger partial charge in [-0.25, -0.2) is 5.10 Å². The molecule has 1 aromatic carbocycles. The van der Waals surface area contributed by atoms with E-state index in [1.54, 1.807) is 32.1 Å². The Kier molecular flexibility index (Phi) is 6.20. The van der Waals surface area contributed by atoms with Crippen molar-refractivity contribution >= 4 is 28.7 Å². The van der Waals surface area contributed by atoms with Crippen LogP contribution in [0.2, 0.25) is 0 Å². The third-order valence-electron chi connectivity index (χ3n) is 5.90. The summed E-state index contributed by atoms with van der Waals surface area (Å²) in [5.41, 5.74) is 5.47. The minimum atomic E-state index is -0.209. The van der Waals surface area contributed by atoms with Gasteiger partial charge in [-0.15, -0.1) is 9.24 Å². The molecule has 2 unspecified atom stereocenters. The van der Waals surface area contributed by atoms with Gasteiger partial charge in [0.05, 0.1) is 26.3 Å². The van der Waals surface area contributed by atoms with Crippen molar-refractivity contribution in [2.24, 2.45) is 0 Å². The van der Waals surface area contributed by atoms with E-state index in [-0.39, 0.29) is 17.0 Å². The SMILES string of the molecule is [B]C(P)c1ccccc1Cn1nc(C(=O)N(C)C)c2c1CCN(c1cn[nH]c(=O)c1C)C2. The molecule has 2 radical (unpaired) electrons. The molecule has 0 saturated heterocycles. The maximum absolute atomic E-state index is 13.0. The van der Waals surface area contributed by atoms with Crippen LogP contribution >= 0.6 is 9.24 Å². The van der Waals surface area contributed by atoms with Crippen LogP contribution in [0.3, 0.4) is 0 Å². The van der Waals surface area contributed by atoms with Crippen LogP contribution in [0.1, 0.15) is 44.0 Å². The van der Waals surface area contributed by atoms with Crippen molar-refractivity contribution < 1.29 is 4.79 Å². The third-order valence-corrected chi connectivity index (χ3v) is 6.25. The number of nitrogens with zero attached hydrogens (tertiary/aromatic N) is 5. The number of fused-ring (bicyclic) bond motifs is 1. The van der Waals surface area contributed by atoms with E-state index in [4.69, 9.17) is 12.9 Å². The lowest BCUT2D eigenvalue weighted by atomic mass is 9.92. The second-order valence-corrected chi connectivity index (χ2v) is 8.95. The zero-order valence-corrected chi connectivity index (χ0v) is 19.7. The molecule has 4 rings (SSSR count). The monoisotopic (exact) mass is 448 g/mol. The quantitative estimate of drug-likeness (QED) is 0.474. The molecule has 0 bridgehead atoms. The second kappa shape index (κ2) is 8.90. The van der Waals surface area contributed by atoms with Gasteiger partial charge in [0.15, 0.2) is 5.69 Å². The van der Waals surface area contributed by atoms with Gasteiger partial charge in [0.1, 0.15) is 0 Å². The molecule has 1 aliphatic rings. The summed E-state index contributed by atoms with van der Waals surface area (Å²) in [4.78, 5) is 28.6. The Bertz CT molecular complexity index is 1220. The minimum Gasteiger partial charge on any atom is -0.365 e. The van der Waals surface area contributed by atoms with Crippen molar-refractivity contribution in [2.75, 3.05) is 25.5 Å². The predicted octanol–water partition coefficient (Wildman–Crippen LogP) is 1.63. The van der Waals surface area contributed by atoms with E-state index in [9.17, 15) is 9.59 Å². The molecule has 0 fully saturated rings. The average molecular weight is 448 g/mol. The molecule has 1 amide bonds. The lowest BCUT2D eigenvalue weighted by molar-refractivity contribution is 0.0820. The fourth-order valence-corrected chi connectivity index (χ4v) is 4.47. The number of benzene rings is 1. The first-order valence-electron chi connectivity index (χ1n) is 10.5. The van der Waals surface area contributed by atoms with E-state index in [1.165, 1.54) is 0 Å². The molecule has 0 saturated carbocycles. The Labute approximate surface area is 190 Å². The molecule has 1 aliphatic heterocycles. The molecule has 32 heavy (non-hydrogen) atoms. The maximum atomic E-state index is 13.0. The van der Waals surface area contributed by atoms with Gasteiger partial charge in [-0.2, -0.15) is 10.2 Å². The topological polar surface area (TPSA) is 87.1 Å². The molecule has 0 aliphatic carbocycles. The summed E-state index contributed by atoms with van der Waals surface area (Å²) < 4.78 is 1.93. The molecule has 3 heterocycles. The van der Waals surface area contributed by atoms with E-state index < -0.39 is 0 Å². The predicted molar refractivity (Wildman–Crippen MR) is 128 cm³/mol. The van der Waals surface area contributed by atoms with Crippen molar-refractivity contribution in [3.8, 4) is 0 Å². The zero-order chi connectivity index (χ0) is 23.0. The van der Waals surface area contributed by atoms with Crippen LogP contribution in [0.4, 0.5) is 5.69 Å². The van der Waals surface area contributed by atoms with Crippen molar-refractivity contribution in [2.45, 2.75) is 32.0 Å². The van der Waals surface area contributed by atoms with Gasteiger partial charge in [0, 0.05) is 50.4 Å². The van der Waals surface area contributed by atoms with Gasteiger partial charge < -0.3 is 9.80 Å². The fourth-order valence-electron chi connectivity index (χ4n) is 4.14. The first-order chi connectivity index (χ1) is 15.3. The summed E-state index contributed by atoms with van der Waals surface area (Å²) >= 11 is 0. The molecule has 3 aromatic rings. The molecular formula is C22H26BN6O2P. The van der Waals surface area contributed by atoms with Gasteiger partial charge in [0.25, 0.3) is 11.5 Å². The molecule has 8 nitrogen and oxygen atoms in total. The number of carbonyl (C=O) groups excluding carboxylic acids is 1. The van der Waals surface area contributed by atoms with Crippen molar-refractivity contribution in [3.05, 3.63) is 74.5 Å². The number of carbonyl (C=O) groups is 1. The minimum absolute atomic E-state index is 0.140. The Balaban J connectivity index is 1.76. The normalized spacial score (nSPS) is 14.2. The number of hydrogen-bond donors (Lipinski definition) is 1. The number of rotatable bonds is 5. The number of aromatic amines is 1. The highest BCUT2D eigenvalue weighted by molar-refractivity contribution is 7.20. The van der Waals surface area contributed by atoms with Crippen molar-refractivity contribution in [3.63, 3.8) is 0 Å². The van der Waals surface area contributed by atoms with Crippen LogP contribution in [-0.2, 0) is 19.5 Å². The molecular weight excluding hydrogens is 422 g/mol. The highest BCUT2D eigenvalue weighted by atomic mass is 31.0. The third kappa shape index (κ3) is 4.09. The van der Waals surface area contributed by atoms with E-state index in [0.29, 0.717) is 37.3 Å². The van der Waals surface area contributed by atoms with Crippen LogP contribution in [0, 0.1) is 6.92 Å². The second-order valence-electron chi connectivity index (χ2n) is 8.24. The lowest BCUT2D eigenvalue weighted by Gasteiger charge is -2.30. The van der Waals surface area contributed by atoms with Crippen LogP contribution < -0.4 is 10.5 Å². The standard InChI is InChI=1S/C22H26BN6O2P/c1-13-18(10-24-25-21(13)30)28-9-8-17-16(12-28)19(22(31)27(2)3)26-29(17)11-14-6-4-5-7-15(14)20(23)32/h4-7,10,20H,8-9,11-12,32H2,1-3H3,(H,25,30). The number of nitrogens with one attached hydrogen (secondary N) is 1. The highest BCUT2D eigenvalue weighted by Gasteiger charge is 2.30. The fraction of sp³-hybridized carbons (Fsp3) is 0.364. The van der Waals surface area contributed by atoms with Crippen molar-refractivity contribution in [1.29, 1.82) is 0 Å². The molecule has 10 heteroatoms. The average Bonchev–Trinajstić information content (AvgIpc) is 3.12. The summed E-state index contributed by atoms with van der Waals surface area (Å²) in [6.07, 6.45) is 2.36. The molecule has 1 N–H and O–H groups in total. The highest BCUT2D eigenvalue weighted by Crippen LogP contribution is 2.30. The number of hydrogen-bond acceptors (Lipinski definition) is 5. The molecule has 164 valence electrons. The Morgan fingerprint density at radius 2 is 2.09 bits per heavy atom. The molecule has 0 spiro atoms. The van der Waals surface area contributed by atoms with E-state index in [0.717, 1.165) is 28.1 Å². The van der Waals surface area contributed by atoms with E-state index in [1.807, 2.05) is 28.9 Å².